The third kappa shape index (κ3) is 9.05. The third-order valence-corrected chi connectivity index (χ3v) is 6.11. The van der Waals surface area contributed by atoms with Gasteiger partial charge in [0, 0.05) is 13.1 Å². The molecule has 0 N–H and O–H groups in total. The monoisotopic (exact) mass is 401 g/mol. The summed E-state index contributed by atoms with van der Waals surface area (Å²) in [5, 5.41) is 0. The van der Waals surface area contributed by atoms with E-state index in [0.29, 0.717) is 5.92 Å². The molecular weight excluding hydrogens is 354 g/mol. The first-order valence-electron chi connectivity index (χ1n) is 12.2. The van der Waals surface area contributed by atoms with E-state index < -0.39 is 0 Å². The molecule has 1 aliphatic heterocycles. The first-order valence-corrected chi connectivity index (χ1v) is 12.2. The molecule has 1 fully saturated rings. The molecule has 166 valence electrons. The average Bonchev–Trinajstić information content (AvgIpc) is 3.26. The fraction of sp³-hybridized carbons (Fsp3) is 0.704. The van der Waals surface area contributed by atoms with Crippen molar-refractivity contribution in [3.8, 4) is 0 Å². The van der Waals surface area contributed by atoms with Crippen LogP contribution in [0.3, 0.4) is 0 Å². The Kier molecular flexibility index (Phi) is 14.0. The summed E-state index contributed by atoms with van der Waals surface area (Å²) >= 11 is 0. The second-order valence-corrected chi connectivity index (χ2v) is 8.17. The molecule has 2 nitrogen and oxygen atoms in total. The zero-order valence-electron chi connectivity index (χ0n) is 20.1. The van der Waals surface area contributed by atoms with Crippen LogP contribution in [0, 0.1) is 5.92 Å². The minimum absolute atomic E-state index is 0.664. The quantitative estimate of drug-likeness (QED) is 0.314. The first-order chi connectivity index (χ1) is 14.2. The van der Waals surface area contributed by atoms with Crippen molar-refractivity contribution in [2.24, 2.45) is 5.92 Å². The molecule has 2 aliphatic rings. The van der Waals surface area contributed by atoms with Crippen molar-refractivity contribution in [2.45, 2.75) is 86.0 Å². The molecule has 1 heterocycles. The second kappa shape index (κ2) is 15.7. The van der Waals surface area contributed by atoms with Crippen molar-refractivity contribution < 1.29 is 4.74 Å². The van der Waals surface area contributed by atoms with Gasteiger partial charge < -0.3 is 4.74 Å². The number of morpholine rings is 1. The largest absolute Gasteiger partial charge is 0.379 e. The average molecular weight is 402 g/mol. The van der Waals surface area contributed by atoms with E-state index in [2.05, 4.69) is 50.5 Å². The lowest BCUT2D eigenvalue weighted by Crippen LogP contribution is -2.37. The maximum Gasteiger partial charge on any atom is 0.0594 e. The molecule has 0 aromatic heterocycles. The summed E-state index contributed by atoms with van der Waals surface area (Å²) in [6, 6.07) is 0. The highest BCUT2D eigenvalue weighted by atomic mass is 16.5. The molecule has 29 heavy (non-hydrogen) atoms. The molecule has 2 rings (SSSR count). The van der Waals surface area contributed by atoms with Gasteiger partial charge in [0.25, 0.3) is 0 Å². The fourth-order valence-corrected chi connectivity index (χ4v) is 4.10. The van der Waals surface area contributed by atoms with Gasteiger partial charge in [-0.25, -0.2) is 0 Å². The Morgan fingerprint density at radius 1 is 1.10 bits per heavy atom. The summed E-state index contributed by atoms with van der Waals surface area (Å²) in [7, 11) is 0. The lowest BCUT2D eigenvalue weighted by molar-refractivity contribution is 0.0362. The van der Waals surface area contributed by atoms with Gasteiger partial charge in [-0.05, 0) is 67.7 Å². The zero-order chi connectivity index (χ0) is 21.5. The standard InChI is InChI=1S/C25H41NO.C2H6/c1-5-8-10-22(7-3)25(11-9-6-2)24-13-12-23(20-24)21(4)14-15-26-16-18-27-19-17-26;1-2/h7,12-13,21H,3,5-6,8-11,14-20H2,1-2,4H3;1-2H3/b25-22-;/t21-;/m1./s1. The zero-order valence-corrected chi connectivity index (χ0v) is 20.1. The van der Waals surface area contributed by atoms with Crippen LogP contribution in [0.4, 0.5) is 0 Å². The van der Waals surface area contributed by atoms with Crippen molar-refractivity contribution in [3.63, 3.8) is 0 Å². The van der Waals surface area contributed by atoms with Crippen molar-refractivity contribution in [3.05, 3.63) is 47.1 Å². The predicted molar refractivity (Wildman–Crippen MR) is 129 cm³/mol. The van der Waals surface area contributed by atoms with Crippen molar-refractivity contribution in [2.75, 3.05) is 32.8 Å². The molecule has 0 spiro atoms. The van der Waals surface area contributed by atoms with Gasteiger partial charge in [0.1, 0.15) is 0 Å². The minimum Gasteiger partial charge on any atom is -0.379 e. The molecule has 0 radical (unpaired) electrons. The molecular formula is C27H47NO. The molecule has 0 saturated carbocycles. The summed E-state index contributed by atoms with van der Waals surface area (Å²) < 4.78 is 5.47. The first kappa shape index (κ1) is 25.9. The maximum absolute atomic E-state index is 5.47. The highest BCUT2D eigenvalue weighted by Gasteiger charge is 2.20. The van der Waals surface area contributed by atoms with Crippen LogP contribution in [0.5, 0.6) is 0 Å². The van der Waals surface area contributed by atoms with Gasteiger partial charge in [0.2, 0.25) is 0 Å². The number of unbranched alkanes of at least 4 members (excludes halogenated alkanes) is 2. The Morgan fingerprint density at radius 3 is 2.38 bits per heavy atom. The van der Waals surface area contributed by atoms with Gasteiger partial charge in [-0.1, -0.05) is 77.8 Å². The number of allylic oxidation sites excluding steroid dienone is 7. The number of hydrogen-bond acceptors (Lipinski definition) is 2. The molecule has 2 heteroatoms. The summed E-state index contributed by atoms with van der Waals surface area (Å²) in [5.74, 6) is 0.664. The van der Waals surface area contributed by atoms with Gasteiger partial charge >= 0.3 is 0 Å². The normalized spacial score (nSPS) is 18.9. The molecule has 0 amide bonds. The third-order valence-electron chi connectivity index (χ3n) is 6.11. The van der Waals surface area contributed by atoms with E-state index in [1.165, 1.54) is 57.1 Å². The van der Waals surface area contributed by atoms with Gasteiger partial charge in [-0.15, -0.1) is 0 Å². The van der Waals surface area contributed by atoms with Crippen LogP contribution < -0.4 is 0 Å². The van der Waals surface area contributed by atoms with Gasteiger partial charge in [0.05, 0.1) is 13.2 Å². The van der Waals surface area contributed by atoms with E-state index in [1.807, 2.05) is 13.8 Å². The number of rotatable bonds is 12. The van der Waals surface area contributed by atoms with E-state index in [0.717, 1.165) is 32.7 Å². The Hall–Kier alpha value is -1.12. The summed E-state index contributed by atoms with van der Waals surface area (Å²) in [4.78, 5) is 2.55. The molecule has 1 aliphatic carbocycles. The maximum atomic E-state index is 5.47. The van der Waals surface area contributed by atoms with Crippen molar-refractivity contribution >= 4 is 0 Å². The molecule has 0 aromatic carbocycles. The number of hydrogen-bond donors (Lipinski definition) is 0. The summed E-state index contributed by atoms with van der Waals surface area (Å²) in [5.41, 5.74) is 6.26. The van der Waals surface area contributed by atoms with Gasteiger partial charge in [-0.2, -0.15) is 0 Å². The van der Waals surface area contributed by atoms with Gasteiger partial charge in [-0.3, -0.25) is 4.90 Å². The Morgan fingerprint density at radius 2 is 1.76 bits per heavy atom. The lowest BCUT2D eigenvalue weighted by atomic mass is 9.88. The fourth-order valence-electron chi connectivity index (χ4n) is 4.10. The number of ether oxygens (including phenoxy) is 1. The molecule has 1 saturated heterocycles. The second-order valence-electron chi connectivity index (χ2n) is 8.17. The van der Waals surface area contributed by atoms with Crippen molar-refractivity contribution in [1.29, 1.82) is 0 Å². The SMILES string of the molecule is C=C/C(CCCC)=C(\CCCC)C1=CC=C([C@H](C)CCN2CCOCC2)C1.CC. The minimum atomic E-state index is 0.664. The predicted octanol–water partition coefficient (Wildman–Crippen LogP) is 7.49. The van der Waals surface area contributed by atoms with E-state index in [1.54, 1.807) is 16.7 Å². The summed E-state index contributed by atoms with van der Waals surface area (Å²) in [6.45, 7) is 20.3. The molecule has 1 atom stereocenters. The molecule has 0 bridgehead atoms. The highest BCUT2D eigenvalue weighted by Crippen LogP contribution is 2.36. The van der Waals surface area contributed by atoms with Crippen LogP contribution in [0.15, 0.2) is 47.1 Å². The van der Waals surface area contributed by atoms with E-state index >= 15 is 0 Å². The van der Waals surface area contributed by atoms with E-state index in [4.69, 9.17) is 4.74 Å². The Bertz CT molecular complexity index is 549. The van der Waals surface area contributed by atoms with Crippen LogP contribution in [0.1, 0.15) is 86.0 Å². The van der Waals surface area contributed by atoms with Crippen LogP contribution in [0.2, 0.25) is 0 Å². The van der Waals surface area contributed by atoms with Gasteiger partial charge in [0.15, 0.2) is 0 Å². The van der Waals surface area contributed by atoms with Crippen LogP contribution in [-0.4, -0.2) is 37.7 Å². The molecule has 0 unspecified atom stereocenters. The Balaban J connectivity index is 0.00000204. The van der Waals surface area contributed by atoms with Crippen LogP contribution >= 0.6 is 0 Å². The van der Waals surface area contributed by atoms with Crippen LogP contribution in [0.25, 0.3) is 0 Å². The summed E-state index contributed by atoms with van der Waals surface area (Å²) in [6.07, 6.45) is 16.8. The van der Waals surface area contributed by atoms with E-state index in [9.17, 15) is 0 Å². The topological polar surface area (TPSA) is 12.5 Å². The van der Waals surface area contributed by atoms with Crippen molar-refractivity contribution in [1.82, 2.24) is 4.90 Å². The number of nitrogens with zero attached hydrogens (tertiary/aromatic N) is 1. The van der Waals surface area contributed by atoms with E-state index in [-0.39, 0.29) is 0 Å². The smallest absolute Gasteiger partial charge is 0.0594 e. The Labute approximate surface area is 181 Å². The highest BCUT2D eigenvalue weighted by molar-refractivity contribution is 5.47. The molecule has 0 aromatic rings. The lowest BCUT2D eigenvalue weighted by Gasteiger charge is -2.28. The van der Waals surface area contributed by atoms with Crippen LogP contribution in [-0.2, 0) is 4.74 Å².